The average molecular weight is 509 g/mol. The van der Waals surface area contributed by atoms with Gasteiger partial charge in [0.1, 0.15) is 23.9 Å². The van der Waals surface area contributed by atoms with Gasteiger partial charge in [-0.1, -0.05) is 42.5 Å². The lowest BCUT2D eigenvalue weighted by molar-refractivity contribution is -0.164. The number of hydrogen-bond donors (Lipinski definition) is 2. The fraction of sp³-hybridized carbons (Fsp3) is 0.433. The van der Waals surface area contributed by atoms with Crippen LogP contribution in [0.4, 0.5) is 0 Å². The highest BCUT2D eigenvalue weighted by Gasteiger charge is 2.46. The van der Waals surface area contributed by atoms with Gasteiger partial charge < -0.3 is 29.2 Å². The van der Waals surface area contributed by atoms with Gasteiger partial charge in [-0.15, -0.1) is 0 Å². The standard InChI is InChI=1S/C30H36O7/c1-19(31)30(33)14-13-21(24(17-30)29(32)37-18-20-9-6-5-7-10-20)15-22-16-26(35-3)23-11-8-12-25(34-2)27(23)28(22)36-4/h5-12,16,19,21,24,31,33H,13-15,17-18H2,1-4H3. The Balaban J connectivity index is 1.68. The number of esters is 1. The molecule has 7 nitrogen and oxygen atoms in total. The maximum Gasteiger partial charge on any atom is 0.309 e. The Morgan fingerprint density at radius 2 is 1.76 bits per heavy atom. The van der Waals surface area contributed by atoms with E-state index in [0.717, 1.165) is 21.9 Å². The van der Waals surface area contributed by atoms with Crippen LogP contribution in [0.2, 0.25) is 0 Å². The monoisotopic (exact) mass is 508 g/mol. The molecule has 7 heteroatoms. The molecular weight excluding hydrogens is 472 g/mol. The fourth-order valence-electron chi connectivity index (χ4n) is 5.46. The van der Waals surface area contributed by atoms with Crippen LogP contribution >= 0.6 is 0 Å². The van der Waals surface area contributed by atoms with Gasteiger partial charge in [0.25, 0.3) is 0 Å². The second-order valence-corrected chi connectivity index (χ2v) is 9.84. The predicted molar refractivity (Wildman–Crippen MR) is 141 cm³/mol. The van der Waals surface area contributed by atoms with E-state index in [2.05, 4.69) is 0 Å². The van der Waals surface area contributed by atoms with Crippen molar-refractivity contribution in [2.24, 2.45) is 11.8 Å². The van der Waals surface area contributed by atoms with Crippen LogP contribution in [-0.2, 0) is 22.6 Å². The third kappa shape index (κ3) is 5.53. The van der Waals surface area contributed by atoms with E-state index in [1.54, 1.807) is 28.3 Å². The van der Waals surface area contributed by atoms with Gasteiger partial charge in [0.05, 0.1) is 44.3 Å². The summed E-state index contributed by atoms with van der Waals surface area (Å²) in [7, 11) is 4.86. The van der Waals surface area contributed by atoms with E-state index in [-0.39, 0.29) is 24.9 Å². The first-order chi connectivity index (χ1) is 17.8. The van der Waals surface area contributed by atoms with Crippen molar-refractivity contribution in [3.8, 4) is 17.2 Å². The van der Waals surface area contributed by atoms with Gasteiger partial charge >= 0.3 is 5.97 Å². The molecule has 37 heavy (non-hydrogen) atoms. The number of carbonyl (C=O) groups excluding carboxylic acids is 1. The second-order valence-electron chi connectivity index (χ2n) is 9.84. The lowest BCUT2D eigenvalue weighted by atomic mass is 9.68. The lowest BCUT2D eigenvalue weighted by Gasteiger charge is -2.42. The van der Waals surface area contributed by atoms with E-state index in [9.17, 15) is 15.0 Å². The van der Waals surface area contributed by atoms with Crippen molar-refractivity contribution in [2.75, 3.05) is 21.3 Å². The van der Waals surface area contributed by atoms with E-state index in [1.807, 2.05) is 54.6 Å². The molecule has 2 N–H and O–H groups in total. The Hall–Kier alpha value is -3.29. The Bertz CT molecular complexity index is 1220. The van der Waals surface area contributed by atoms with Crippen molar-refractivity contribution in [3.63, 3.8) is 0 Å². The first-order valence-corrected chi connectivity index (χ1v) is 12.6. The lowest BCUT2D eigenvalue weighted by Crippen LogP contribution is -2.49. The minimum Gasteiger partial charge on any atom is -0.496 e. The number of ether oxygens (including phenoxy) is 4. The van der Waals surface area contributed by atoms with Gasteiger partial charge in [0.2, 0.25) is 0 Å². The zero-order valence-corrected chi connectivity index (χ0v) is 21.9. The summed E-state index contributed by atoms with van der Waals surface area (Å²) in [6.45, 7) is 1.72. The molecular formula is C30H36O7. The van der Waals surface area contributed by atoms with Gasteiger partial charge in [0.15, 0.2) is 0 Å². The van der Waals surface area contributed by atoms with Crippen LogP contribution in [0.5, 0.6) is 17.2 Å². The highest BCUT2D eigenvalue weighted by molar-refractivity contribution is 5.99. The molecule has 4 atom stereocenters. The normalized spacial score (nSPS) is 22.3. The Morgan fingerprint density at radius 3 is 2.41 bits per heavy atom. The molecule has 0 heterocycles. The maximum absolute atomic E-state index is 13.4. The molecule has 3 aromatic carbocycles. The number of carbonyl (C=O) groups is 1. The van der Waals surface area contributed by atoms with Crippen LogP contribution in [0.25, 0.3) is 10.8 Å². The quantitative estimate of drug-likeness (QED) is 0.405. The van der Waals surface area contributed by atoms with E-state index in [1.165, 1.54) is 0 Å². The molecule has 0 aromatic heterocycles. The molecule has 0 radical (unpaired) electrons. The Morgan fingerprint density at radius 1 is 1.03 bits per heavy atom. The van der Waals surface area contributed by atoms with Crippen molar-refractivity contribution < 1.29 is 34.0 Å². The first kappa shape index (κ1) is 26.8. The molecule has 0 amide bonds. The summed E-state index contributed by atoms with van der Waals surface area (Å²) >= 11 is 0. The van der Waals surface area contributed by atoms with Crippen LogP contribution in [0.1, 0.15) is 37.3 Å². The van der Waals surface area contributed by atoms with Crippen LogP contribution < -0.4 is 14.2 Å². The number of hydrogen-bond acceptors (Lipinski definition) is 7. The highest BCUT2D eigenvalue weighted by Crippen LogP contribution is 2.46. The van der Waals surface area contributed by atoms with Gasteiger partial charge in [-0.05, 0) is 61.8 Å². The summed E-state index contributed by atoms with van der Waals surface area (Å²) in [6, 6.07) is 17.2. The second kappa shape index (κ2) is 11.4. The molecule has 1 fully saturated rings. The molecule has 198 valence electrons. The average Bonchev–Trinajstić information content (AvgIpc) is 2.92. The minimum absolute atomic E-state index is 0.124. The summed E-state index contributed by atoms with van der Waals surface area (Å²) in [5.41, 5.74) is 0.424. The van der Waals surface area contributed by atoms with Crippen LogP contribution in [-0.4, -0.2) is 49.2 Å². The topological polar surface area (TPSA) is 94.5 Å². The maximum atomic E-state index is 13.4. The molecule has 3 aromatic rings. The van der Waals surface area contributed by atoms with Crippen molar-refractivity contribution in [1.82, 2.24) is 0 Å². The summed E-state index contributed by atoms with van der Waals surface area (Å²) in [4.78, 5) is 13.4. The summed E-state index contributed by atoms with van der Waals surface area (Å²) in [5, 5.41) is 23.1. The zero-order chi connectivity index (χ0) is 26.6. The van der Waals surface area contributed by atoms with E-state index in [0.29, 0.717) is 36.5 Å². The summed E-state index contributed by atoms with van der Waals surface area (Å²) in [5.74, 6) is 0.914. The number of aliphatic hydroxyl groups is 2. The molecule has 0 bridgehead atoms. The number of fused-ring (bicyclic) bond motifs is 1. The van der Waals surface area contributed by atoms with Gasteiger partial charge in [-0.3, -0.25) is 4.79 Å². The van der Waals surface area contributed by atoms with Gasteiger partial charge in [-0.25, -0.2) is 0 Å². The predicted octanol–water partition coefficient (Wildman–Crippen LogP) is 4.68. The number of methoxy groups -OCH3 is 3. The molecule has 1 saturated carbocycles. The molecule has 4 rings (SSSR count). The first-order valence-electron chi connectivity index (χ1n) is 12.6. The van der Waals surface area contributed by atoms with Crippen molar-refractivity contribution in [1.29, 1.82) is 0 Å². The number of aliphatic hydroxyl groups excluding tert-OH is 1. The molecule has 0 saturated heterocycles. The van der Waals surface area contributed by atoms with Gasteiger partial charge in [0, 0.05) is 5.39 Å². The molecule has 1 aliphatic carbocycles. The third-order valence-electron chi connectivity index (χ3n) is 7.64. The van der Waals surface area contributed by atoms with Crippen molar-refractivity contribution in [3.05, 3.63) is 65.7 Å². The molecule has 1 aliphatic rings. The number of rotatable bonds is 9. The number of benzene rings is 3. The van der Waals surface area contributed by atoms with Gasteiger partial charge in [-0.2, -0.15) is 0 Å². The third-order valence-corrected chi connectivity index (χ3v) is 7.64. The van der Waals surface area contributed by atoms with Crippen LogP contribution in [0.3, 0.4) is 0 Å². The molecule has 0 spiro atoms. The van der Waals surface area contributed by atoms with E-state index in [4.69, 9.17) is 18.9 Å². The SMILES string of the molecule is COc1cc(CC2CCC(O)(C(C)O)CC2C(=O)OCc2ccccc2)c(OC)c2c(OC)cccc12. The minimum atomic E-state index is -1.35. The highest BCUT2D eigenvalue weighted by atomic mass is 16.5. The smallest absolute Gasteiger partial charge is 0.309 e. The largest absolute Gasteiger partial charge is 0.496 e. The van der Waals surface area contributed by atoms with Crippen molar-refractivity contribution >= 4 is 16.7 Å². The van der Waals surface area contributed by atoms with Crippen molar-refractivity contribution in [2.45, 2.75) is 50.9 Å². The Labute approximate surface area is 217 Å². The Kier molecular flexibility index (Phi) is 8.25. The van der Waals surface area contributed by atoms with Crippen LogP contribution in [0, 0.1) is 11.8 Å². The zero-order valence-electron chi connectivity index (χ0n) is 21.9. The molecule has 4 unspecified atom stereocenters. The summed E-state index contributed by atoms with van der Waals surface area (Å²) in [6.07, 6.45) is 0.599. The fourth-order valence-corrected chi connectivity index (χ4v) is 5.46. The van der Waals surface area contributed by atoms with E-state index >= 15 is 0 Å². The summed E-state index contributed by atoms with van der Waals surface area (Å²) < 4.78 is 22.9. The van der Waals surface area contributed by atoms with Crippen LogP contribution in [0.15, 0.2) is 54.6 Å². The molecule has 0 aliphatic heterocycles. The van der Waals surface area contributed by atoms with E-state index < -0.39 is 17.6 Å².